The molecule has 28 heavy (non-hydrogen) atoms. The van der Waals surface area contributed by atoms with Gasteiger partial charge in [0.1, 0.15) is 11.3 Å². The quantitative estimate of drug-likeness (QED) is 0.688. The maximum Gasteiger partial charge on any atom is 0.341 e. The molecule has 0 aliphatic rings. The van der Waals surface area contributed by atoms with E-state index in [-0.39, 0.29) is 12.3 Å². The molecular formula is C22H19NO5. The van der Waals surface area contributed by atoms with Crippen molar-refractivity contribution in [3.8, 4) is 16.9 Å². The Balaban J connectivity index is 2.02. The third kappa shape index (κ3) is 4.17. The molecule has 0 amide bonds. The molecule has 1 aromatic heterocycles. The van der Waals surface area contributed by atoms with Gasteiger partial charge in [0.05, 0.1) is 6.20 Å². The normalized spacial score (nSPS) is 10.6. The van der Waals surface area contributed by atoms with Crippen molar-refractivity contribution in [1.82, 2.24) is 4.57 Å². The number of hydrogen-bond acceptors (Lipinski definition) is 4. The fourth-order valence-electron chi connectivity index (χ4n) is 3.13. The van der Waals surface area contributed by atoms with Gasteiger partial charge in [0, 0.05) is 19.2 Å². The SMILES string of the molecule is CC(=O)Cc1cccc(-c2ccccc2Cn2cc(O)c(=O)c(C(=O)O)c2)c1. The average molecular weight is 377 g/mol. The van der Waals surface area contributed by atoms with E-state index >= 15 is 0 Å². The average Bonchev–Trinajstić information content (AvgIpc) is 2.64. The Morgan fingerprint density at radius 1 is 1.04 bits per heavy atom. The van der Waals surface area contributed by atoms with Gasteiger partial charge < -0.3 is 14.8 Å². The molecule has 3 aromatic rings. The number of ketones is 1. The highest BCUT2D eigenvalue weighted by Gasteiger charge is 2.14. The van der Waals surface area contributed by atoms with Crippen LogP contribution in [0.3, 0.4) is 0 Å². The van der Waals surface area contributed by atoms with Gasteiger partial charge in [-0.25, -0.2) is 4.79 Å². The molecule has 2 N–H and O–H groups in total. The molecule has 6 heteroatoms. The number of aromatic nitrogens is 1. The maximum absolute atomic E-state index is 11.8. The topological polar surface area (TPSA) is 96.6 Å². The molecule has 0 atom stereocenters. The van der Waals surface area contributed by atoms with E-state index in [9.17, 15) is 19.5 Å². The van der Waals surface area contributed by atoms with E-state index in [0.29, 0.717) is 6.42 Å². The molecule has 0 saturated carbocycles. The largest absolute Gasteiger partial charge is 0.503 e. The summed E-state index contributed by atoms with van der Waals surface area (Å²) in [5, 5.41) is 18.9. The molecule has 0 aliphatic heterocycles. The Morgan fingerprint density at radius 3 is 2.50 bits per heavy atom. The molecule has 142 valence electrons. The van der Waals surface area contributed by atoms with Crippen LogP contribution in [0.4, 0.5) is 0 Å². The van der Waals surface area contributed by atoms with Gasteiger partial charge in [0.2, 0.25) is 5.43 Å². The molecule has 6 nitrogen and oxygen atoms in total. The van der Waals surface area contributed by atoms with Gasteiger partial charge in [-0.2, -0.15) is 0 Å². The lowest BCUT2D eigenvalue weighted by atomic mass is 9.96. The van der Waals surface area contributed by atoms with E-state index in [1.54, 1.807) is 6.92 Å². The lowest BCUT2D eigenvalue weighted by molar-refractivity contribution is -0.116. The summed E-state index contributed by atoms with van der Waals surface area (Å²) in [6, 6.07) is 15.2. The lowest BCUT2D eigenvalue weighted by Gasteiger charge is -2.14. The minimum absolute atomic E-state index is 0.0790. The first kappa shape index (κ1) is 19.1. The number of aromatic carboxylic acids is 1. The van der Waals surface area contributed by atoms with E-state index in [2.05, 4.69) is 0 Å². The number of carbonyl (C=O) groups is 2. The van der Waals surface area contributed by atoms with E-state index < -0.39 is 22.7 Å². The van der Waals surface area contributed by atoms with E-state index in [0.717, 1.165) is 22.3 Å². The third-order valence-electron chi connectivity index (χ3n) is 4.35. The molecule has 0 fully saturated rings. The predicted octanol–water partition coefficient (Wildman–Crippen LogP) is 3.10. The minimum atomic E-state index is -1.39. The van der Waals surface area contributed by atoms with Gasteiger partial charge in [0.25, 0.3) is 0 Å². The molecule has 0 unspecified atom stereocenters. The van der Waals surface area contributed by atoms with E-state index in [4.69, 9.17) is 5.11 Å². The van der Waals surface area contributed by atoms with Crippen LogP contribution in [0.5, 0.6) is 5.75 Å². The van der Waals surface area contributed by atoms with Gasteiger partial charge >= 0.3 is 5.97 Å². The number of nitrogens with zero attached hydrogens (tertiary/aromatic N) is 1. The number of carboxylic acids is 1. The highest BCUT2D eigenvalue weighted by atomic mass is 16.4. The summed E-state index contributed by atoms with van der Waals surface area (Å²) in [6.07, 6.45) is 2.79. The summed E-state index contributed by atoms with van der Waals surface area (Å²) in [5.41, 5.74) is 2.24. The van der Waals surface area contributed by atoms with Gasteiger partial charge in [-0.3, -0.25) is 9.59 Å². The van der Waals surface area contributed by atoms with Gasteiger partial charge in [-0.1, -0.05) is 48.5 Å². The Labute approximate surface area is 161 Å². The second-order valence-electron chi connectivity index (χ2n) is 6.60. The van der Waals surface area contributed by atoms with Crippen molar-refractivity contribution in [2.75, 3.05) is 0 Å². The maximum atomic E-state index is 11.8. The second-order valence-corrected chi connectivity index (χ2v) is 6.60. The Morgan fingerprint density at radius 2 is 1.79 bits per heavy atom. The van der Waals surface area contributed by atoms with Gasteiger partial charge in [0.15, 0.2) is 5.75 Å². The van der Waals surface area contributed by atoms with Gasteiger partial charge in [-0.15, -0.1) is 0 Å². The van der Waals surface area contributed by atoms with Crippen LogP contribution in [0, 0.1) is 0 Å². The molecule has 0 radical (unpaired) electrons. The molecule has 0 spiro atoms. The zero-order valence-corrected chi connectivity index (χ0v) is 15.3. The Kier molecular flexibility index (Phi) is 5.40. The fraction of sp³-hybridized carbons (Fsp3) is 0.136. The van der Waals surface area contributed by atoms with Crippen LogP contribution in [0.2, 0.25) is 0 Å². The number of carboxylic acid groups (broad SMARTS) is 1. The van der Waals surface area contributed by atoms with Crippen molar-refractivity contribution in [2.24, 2.45) is 0 Å². The molecule has 3 rings (SSSR count). The molecule has 0 saturated heterocycles. The number of carbonyl (C=O) groups excluding carboxylic acids is 1. The molecular weight excluding hydrogens is 358 g/mol. The summed E-state index contributed by atoms with van der Waals surface area (Å²) in [4.78, 5) is 34.4. The van der Waals surface area contributed by atoms with Crippen LogP contribution in [0.15, 0.2) is 65.7 Å². The number of Topliss-reactive ketones (excluding diaryl/α,β-unsaturated/α-hetero) is 1. The third-order valence-corrected chi connectivity index (χ3v) is 4.35. The Hall–Kier alpha value is -3.67. The summed E-state index contributed by atoms with van der Waals surface area (Å²) in [7, 11) is 0. The van der Waals surface area contributed by atoms with Crippen LogP contribution in [-0.4, -0.2) is 26.5 Å². The summed E-state index contributed by atoms with van der Waals surface area (Å²) < 4.78 is 1.47. The monoisotopic (exact) mass is 377 g/mol. The smallest absolute Gasteiger partial charge is 0.341 e. The first-order valence-electron chi connectivity index (χ1n) is 8.68. The standard InChI is InChI=1S/C22H19NO5/c1-14(24)9-15-5-4-7-16(10-15)18-8-3-2-6-17(18)11-23-12-19(22(27)28)21(26)20(25)13-23/h2-8,10,12-13,25H,9,11H2,1H3,(H,27,28). The predicted molar refractivity (Wildman–Crippen MR) is 105 cm³/mol. The van der Waals surface area contributed by atoms with Crippen molar-refractivity contribution in [1.29, 1.82) is 0 Å². The van der Waals surface area contributed by atoms with Crippen molar-refractivity contribution < 1.29 is 19.8 Å². The number of benzene rings is 2. The van der Waals surface area contributed by atoms with Crippen LogP contribution in [0.1, 0.15) is 28.4 Å². The first-order valence-corrected chi connectivity index (χ1v) is 8.68. The first-order chi connectivity index (χ1) is 13.3. The van der Waals surface area contributed by atoms with Crippen molar-refractivity contribution in [2.45, 2.75) is 19.9 Å². The second kappa shape index (κ2) is 7.92. The number of pyridine rings is 1. The number of rotatable bonds is 6. The van der Waals surface area contributed by atoms with Crippen molar-refractivity contribution in [3.05, 3.63) is 87.8 Å². The molecule has 0 bridgehead atoms. The number of aromatic hydroxyl groups is 1. The molecule has 1 heterocycles. The fourth-order valence-corrected chi connectivity index (χ4v) is 3.13. The highest BCUT2D eigenvalue weighted by Crippen LogP contribution is 2.26. The van der Waals surface area contributed by atoms with Crippen molar-refractivity contribution >= 4 is 11.8 Å². The summed E-state index contributed by atoms with van der Waals surface area (Å²) >= 11 is 0. The summed E-state index contributed by atoms with van der Waals surface area (Å²) in [6.45, 7) is 1.81. The van der Waals surface area contributed by atoms with Crippen LogP contribution >= 0.6 is 0 Å². The van der Waals surface area contributed by atoms with Crippen LogP contribution < -0.4 is 5.43 Å². The van der Waals surface area contributed by atoms with Gasteiger partial charge in [-0.05, 0) is 29.2 Å². The molecule has 2 aromatic carbocycles. The van der Waals surface area contributed by atoms with Crippen LogP contribution in [-0.2, 0) is 17.8 Å². The molecule has 0 aliphatic carbocycles. The van der Waals surface area contributed by atoms with Crippen molar-refractivity contribution in [3.63, 3.8) is 0 Å². The highest BCUT2D eigenvalue weighted by molar-refractivity contribution is 5.87. The zero-order valence-electron chi connectivity index (χ0n) is 15.3. The number of hydrogen-bond donors (Lipinski definition) is 2. The Bertz CT molecular complexity index is 1110. The zero-order chi connectivity index (χ0) is 20.3. The van der Waals surface area contributed by atoms with Crippen LogP contribution in [0.25, 0.3) is 11.1 Å². The van der Waals surface area contributed by atoms with E-state index in [1.807, 2.05) is 48.5 Å². The summed E-state index contributed by atoms with van der Waals surface area (Å²) in [5.74, 6) is -1.92. The van der Waals surface area contributed by atoms with E-state index in [1.165, 1.54) is 17.0 Å². The lowest BCUT2D eigenvalue weighted by Crippen LogP contribution is -2.17. The minimum Gasteiger partial charge on any atom is -0.503 e.